The molecular weight excluding hydrogens is 248 g/mol. The first-order valence-corrected chi connectivity index (χ1v) is 6.71. The molecule has 0 spiro atoms. The number of hydrogen-bond acceptors (Lipinski definition) is 2. The third kappa shape index (κ3) is 2.68. The van der Waals surface area contributed by atoms with Crippen LogP contribution in [0.4, 0.5) is 0 Å². The van der Waals surface area contributed by atoms with Crippen LogP contribution in [0.5, 0.6) is 0 Å². The standard InChI is InChI=1S/C14H19ClN2O/c1-10(11-6-3-4-7-12(11)15)17-13(18)14(2)8-5-9-16-14/h3-4,6-7,10,16H,5,8-9H2,1-2H3,(H,17,18). The van der Waals surface area contributed by atoms with Crippen LogP contribution in [-0.4, -0.2) is 18.0 Å². The van der Waals surface area contributed by atoms with Crippen LogP contribution in [0.25, 0.3) is 0 Å². The van der Waals surface area contributed by atoms with Crippen molar-refractivity contribution in [1.82, 2.24) is 10.6 Å². The van der Waals surface area contributed by atoms with E-state index in [1.165, 1.54) is 0 Å². The molecule has 1 heterocycles. The van der Waals surface area contributed by atoms with Crippen LogP contribution in [0, 0.1) is 0 Å². The average Bonchev–Trinajstić information content (AvgIpc) is 2.78. The van der Waals surface area contributed by atoms with E-state index in [0.29, 0.717) is 5.02 Å². The number of carbonyl (C=O) groups excluding carboxylic acids is 1. The Hall–Kier alpha value is -1.06. The van der Waals surface area contributed by atoms with Gasteiger partial charge in [-0.15, -0.1) is 0 Å². The summed E-state index contributed by atoms with van der Waals surface area (Å²) in [6.45, 7) is 4.82. The first-order valence-electron chi connectivity index (χ1n) is 6.33. The molecule has 0 aromatic heterocycles. The zero-order valence-electron chi connectivity index (χ0n) is 10.8. The predicted molar refractivity (Wildman–Crippen MR) is 73.7 cm³/mol. The van der Waals surface area contributed by atoms with Crippen LogP contribution >= 0.6 is 11.6 Å². The molecule has 2 rings (SSSR count). The third-order valence-corrected chi connectivity index (χ3v) is 3.93. The SMILES string of the molecule is CC(NC(=O)C1(C)CCCN1)c1ccccc1Cl. The first kappa shape index (κ1) is 13.4. The van der Waals surface area contributed by atoms with Gasteiger partial charge in [-0.25, -0.2) is 0 Å². The van der Waals surface area contributed by atoms with Gasteiger partial charge in [0.15, 0.2) is 0 Å². The number of rotatable bonds is 3. The van der Waals surface area contributed by atoms with Crippen molar-refractivity contribution in [2.24, 2.45) is 0 Å². The highest BCUT2D eigenvalue weighted by molar-refractivity contribution is 6.31. The highest BCUT2D eigenvalue weighted by Gasteiger charge is 2.36. The Labute approximate surface area is 113 Å². The van der Waals surface area contributed by atoms with Gasteiger partial charge in [-0.2, -0.15) is 0 Å². The van der Waals surface area contributed by atoms with Crippen LogP contribution in [-0.2, 0) is 4.79 Å². The Morgan fingerprint density at radius 2 is 2.22 bits per heavy atom. The van der Waals surface area contributed by atoms with Crippen molar-refractivity contribution in [1.29, 1.82) is 0 Å². The normalized spacial score (nSPS) is 24.8. The molecule has 4 heteroatoms. The van der Waals surface area contributed by atoms with E-state index in [1.54, 1.807) is 0 Å². The molecule has 1 fully saturated rings. The maximum absolute atomic E-state index is 12.2. The summed E-state index contributed by atoms with van der Waals surface area (Å²) >= 11 is 6.13. The fourth-order valence-electron chi connectivity index (χ4n) is 2.35. The number of nitrogens with one attached hydrogen (secondary N) is 2. The van der Waals surface area contributed by atoms with Gasteiger partial charge in [0.1, 0.15) is 0 Å². The van der Waals surface area contributed by atoms with Gasteiger partial charge in [0.25, 0.3) is 0 Å². The largest absolute Gasteiger partial charge is 0.348 e. The lowest BCUT2D eigenvalue weighted by Gasteiger charge is -2.26. The summed E-state index contributed by atoms with van der Waals surface area (Å²) in [4.78, 5) is 12.2. The van der Waals surface area contributed by atoms with Crippen molar-refractivity contribution in [2.45, 2.75) is 38.3 Å². The van der Waals surface area contributed by atoms with Crippen molar-refractivity contribution < 1.29 is 4.79 Å². The molecule has 2 N–H and O–H groups in total. The van der Waals surface area contributed by atoms with Crippen LogP contribution in [0.2, 0.25) is 5.02 Å². The molecular formula is C14H19ClN2O. The smallest absolute Gasteiger partial charge is 0.240 e. The van der Waals surface area contributed by atoms with E-state index in [4.69, 9.17) is 11.6 Å². The van der Waals surface area contributed by atoms with Gasteiger partial charge in [0, 0.05) is 5.02 Å². The highest BCUT2D eigenvalue weighted by atomic mass is 35.5. The minimum atomic E-state index is -0.435. The Morgan fingerprint density at radius 3 is 2.83 bits per heavy atom. The van der Waals surface area contributed by atoms with Crippen LogP contribution in [0.3, 0.4) is 0 Å². The minimum Gasteiger partial charge on any atom is -0.348 e. The Morgan fingerprint density at radius 1 is 1.50 bits per heavy atom. The van der Waals surface area contributed by atoms with E-state index in [2.05, 4.69) is 10.6 Å². The summed E-state index contributed by atoms with van der Waals surface area (Å²) in [6, 6.07) is 7.53. The molecule has 0 radical (unpaired) electrons. The summed E-state index contributed by atoms with van der Waals surface area (Å²) in [5.41, 5.74) is 0.518. The van der Waals surface area contributed by atoms with Gasteiger partial charge in [-0.05, 0) is 44.9 Å². The zero-order chi connectivity index (χ0) is 13.2. The molecule has 0 saturated carbocycles. The average molecular weight is 267 g/mol. The molecule has 18 heavy (non-hydrogen) atoms. The van der Waals surface area contributed by atoms with Crippen molar-refractivity contribution in [3.05, 3.63) is 34.9 Å². The van der Waals surface area contributed by atoms with Crippen molar-refractivity contribution in [3.63, 3.8) is 0 Å². The molecule has 2 atom stereocenters. The lowest BCUT2D eigenvalue weighted by Crippen LogP contribution is -2.51. The quantitative estimate of drug-likeness (QED) is 0.883. The molecule has 0 aliphatic carbocycles. The second-order valence-electron chi connectivity index (χ2n) is 5.08. The molecule has 3 nitrogen and oxygen atoms in total. The molecule has 1 saturated heterocycles. The monoisotopic (exact) mass is 266 g/mol. The topological polar surface area (TPSA) is 41.1 Å². The van der Waals surface area contributed by atoms with E-state index in [-0.39, 0.29) is 11.9 Å². The van der Waals surface area contributed by atoms with E-state index in [1.807, 2.05) is 38.1 Å². The highest BCUT2D eigenvalue weighted by Crippen LogP contribution is 2.24. The summed E-state index contributed by atoms with van der Waals surface area (Å²) < 4.78 is 0. The Kier molecular flexibility index (Phi) is 3.93. The van der Waals surface area contributed by atoms with E-state index in [0.717, 1.165) is 24.9 Å². The summed E-state index contributed by atoms with van der Waals surface area (Å²) in [7, 11) is 0. The summed E-state index contributed by atoms with van der Waals surface area (Å²) in [5, 5.41) is 6.98. The maximum atomic E-state index is 12.2. The Balaban J connectivity index is 2.06. The second-order valence-corrected chi connectivity index (χ2v) is 5.49. The number of halogens is 1. The molecule has 1 aliphatic heterocycles. The first-order chi connectivity index (χ1) is 8.53. The van der Waals surface area contributed by atoms with Crippen molar-refractivity contribution >= 4 is 17.5 Å². The molecule has 1 aromatic carbocycles. The van der Waals surface area contributed by atoms with Gasteiger partial charge in [0.05, 0.1) is 11.6 Å². The molecule has 98 valence electrons. The fraction of sp³-hybridized carbons (Fsp3) is 0.500. The van der Waals surface area contributed by atoms with Crippen molar-refractivity contribution in [2.75, 3.05) is 6.54 Å². The molecule has 2 unspecified atom stereocenters. The Bertz CT molecular complexity index is 441. The number of amides is 1. The van der Waals surface area contributed by atoms with Gasteiger partial charge in [0.2, 0.25) is 5.91 Å². The number of benzene rings is 1. The predicted octanol–water partition coefficient (Wildman–Crippen LogP) is 2.66. The number of hydrogen-bond donors (Lipinski definition) is 2. The van der Waals surface area contributed by atoms with Crippen molar-refractivity contribution in [3.8, 4) is 0 Å². The van der Waals surface area contributed by atoms with Crippen LogP contribution < -0.4 is 10.6 Å². The molecule has 1 aromatic rings. The van der Waals surface area contributed by atoms with E-state index >= 15 is 0 Å². The fourth-order valence-corrected chi connectivity index (χ4v) is 2.65. The maximum Gasteiger partial charge on any atom is 0.240 e. The summed E-state index contributed by atoms with van der Waals surface area (Å²) in [6.07, 6.45) is 1.93. The molecule has 0 bridgehead atoms. The zero-order valence-corrected chi connectivity index (χ0v) is 11.6. The van der Waals surface area contributed by atoms with E-state index in [9.17, 15) is 4.79 Å². The minimum absolute atomic E-state index is 0.0485. The van der Waals surface area contributed by atoms with Gasteiger partial charge >= 0.3 is 0 Å². The van der Waals surface area contributed by atoms with Crippen LogP contribution in [0.15, 0.2) is 24.3 Å². The molecule has 1 aliphatic rings. The molecule has 1 amide bonds. The lowest BCUT2D eigenvalue weighted by atomic mass is 9.98. The number of carbonyl (C=O) groups is 1. The van der Waals surface area contributed by atoms with Crippen LogP contribution in [0.1, 0.15) is 38.3 Å². The lowest BCUT2D eigenvalue weighted by molar-refractivity contribution is -0.127. The van der Waals surface area contributed by atoms with E-state index < -0.39 is 5.54 Å². The van der Waals surface area contributed by atoms with Gasteiger partial charge in [-0.3, -0.25) is 4.79 Å². The van der Waals surface area contributed by atoms with Gasteiger partial charge in [-0.1, -0.05) is 29.8 Å². The summed E-state index contributed by atoms with van der Waals surface area (Å²) in [5.74, 6) is 0.0485. The third-order valence-electron chi connectivity index (χ3n) is 3.59. The van der Waals surface area contributed by atoms with Gasteiger partial charge < -0.3 is 10.6 Å². The second kappa shape index (κ2) is 5.29.